The highest BCUT2D eigenvalue weighted by molar-refractivity contribution is 5.51. The Balaban J connectivity index is 1.74. The first-order chi connectivity index (χ1) is 9.50. The molecule has 1 aromatic carbocycles. The molecule has 4 nitrogen and oxygen atoms in total. The third-order valence-corrected chi connectivity index (χ3v) is 3.31. The number of halogens is 2. The lowest BCUT2D eigenvalue weighted by molar-refractivity contribution is 0.0118. The van der Waals surface area contributed by atoms with Gasteiger partial charge in [-0.25, -0.2) is 8.78 Å². The number of hydrogen-bond donors (Lipinski definition) is 1. The summed E-state index contributed by atoms with van der Waals surface area (Å²) in [5.41, 5.74) is 6.26. The van der Waals surface area contributed by atoms with Crippen LogP contribution < -0.4 is 15.2 Å². The number of benzene rings is 1. The number of rotatable bonds is 6. The molecule has 0 saturated carbocycles. The number of methoxy groups -OCH3 is 1. The van der Waals surface area contributed by atoms with Gasteiger partial charge in [0.1, 0.15) is 0 Å². The van der Waals surface area contributed by atoms with Crippen LogP contribution in [0.1, 0.15) is 12.8 Å². The second-order valence-electron chi connectivity index (χ2n) is 4.99. The first kappa shape index (κ1) is 14.8. The third kappa shape index (κ3) is 3.96. The van der Waals surface area contributed by atoms with Crippen LogP contribution >= 0.6 is 0 Å². The number of nitrogen functional groups attached to an aromatic ring is 1. The SMILES string of the molecule is COc1cc(N)ccc1OCCCN1CCC(F)(F)C1. The van der Waals surface area contributed by atoms with Gasteiger partial charge in [-0.15, -0.1) is 0 Å². The smallest absolute Gasteiger partial charge is 0.261 e. The van der Waals surface area contributed by atoms with Crippen LogP contribution in [-0.4, -0.2) is 44.2 Å². The maximum Gasteiger partial charge on any atom is 0.261 e. The van der Waals surface area contributed by atoms with Gasteiger partial charge in [-0.2, -0.15) is 0 Å². The van der Waals surface area contributed by atoms with Crippen molar-refractivity contribution in [1.29, 1.82) is 0 Å². The Kier molecular flexibility index (Phi) is 4.65. The molecule has 20 heavy (non-hydrogen) atoms. The maximum absolute atomic E-state index is 13.0. The van der Waals surface area contributed by atoms with Crippen molar-refractivity contribution >= 4 is 5.69 Å². The van der Waals surface area contributed by atoms with Gasteiger partial charge in [0.2, 0.25) is 0 Å². The van der Waals surface area contributed by atoms with E-state index in [2.05, 4.69) is 0 Å². The Labute approximate surface area is 117 Å². The largest absolute Gasteiger partial charge is 0.493 e. The van der Waals surface area contributed by atoms with E-state index in [4.69, 9.17) is 15.2 Å². The summed E-state index contributed by atoms with van der Waals surface area (Å²) in [6.07, 6.45) is 0.656. The zero-order valence-corrected chi connectivity index (χ0v) is 11.6. The van der Waals surface area contributed by atoms with Gasteiger partial charge in [0.25, 0.3) is 5.92 Å². The number of hydrogen-bond acceptors (Lipinski definition) is 4. The van der Waals surface area contributed by atoms with Crippen molar-refractivity contribution in [2.45, 2.75) is 18.8 Å². The number of nitrogens with zero attached hydrogens (tertiary/aromatic N) is 1. The summed E-state index contributed by atoms with van der Waals surface area (Å²) in [5, 5.41) is 0. The van der Waals surface area contributed by atoms with Crippen LogP contribution in [0.2, 0.25) is 0 Å². The van der Waals surface area contributed by atoms with Gasteiger partial charge in [0.05, 0.1) is 20.3 Å². The molecule has 0 bridgehead atoms. The van der Waals surface area contributed by atoms with Crippen molar-refractivity contribution in [3.8, 4) is 11.5 Å². The van der Waals surface area contributed by atoms with Crippen molar-refractivity contribution in [2.24, 2.45) is 0 Å². The van der Waals surface area contributed by atoms with E-state index < -0.39 is 5.92 Å². The lowest BCUT2D eigenvalue weighted by Gasteiger charge is -2.16. The molecule has 6 heteroatoms. The predicted molar refractivity (Wildman–Crippen MR) is 73.5 cm³/mol. The van der Waals surface area contributed by atoms with Crippen molar-refractivity contribution in [2.75, 3.05) is 39.1 Å². The monoisotopic (exact) mass is 286 g/mol. The molecule has 1 heterocycles. The van der Waals surface area contributed by atoms with Crippen LogP contribution in [-0.2, 0) is 0 Å². The zero-order chi connectivity index (χ0) is 14.6. The Morgan fingerprint density at radius 1 is 1.35 bits per heavy atom. The summed E-state index contributed by atoms with van der Waals surface area (Å²) in [6.45, 7) is 1.39. The number of ether oxygens (including phenoxy) is 2. The molecule has 2 rings (SSSR count). The number of alkyl halides is 2. The van der Waals surface area contributed by atoms with Crippen LogP contribution in [0.25, 0.3) is 0 Å². The van der Waals surface area contributed by atoms with Gasteiger partial charge in [-0.05, 0) is 18.6 Å². The van der Waals surface area contributed by atoms with Crippen molar-refractivity contribution in [1.82, 2.24) is 4.90 Å². The molecule has 0 spiro atoms. The highest BCUT2D eigenvalue weighted by Gasteiger charge is 2.37. The lowest BCUT2D eigenvalue weighted by Crippen LogP contribution is -2.27. The average Bonchev–Trinajstić information content (AvgIpc) is 2.75. The molecule has 0 atom stereocenters. The van der Waals surface area contributed by atoms with Gasteiger partial charge >= 0.3 is 0 Å². The van der Waals surface area contributed by atoms with Crippen LogP contribution in [0.3, 0.4) is 0 Å². The highest BCUT2D eigenvalue weighted by atomic mass is 19.3. The Morgan fingerprint density at radius 2 is 2.15 bits per heavy atom. The molecule has 0 aliphatic carbocycles. The fourth-order valence-corrected chi connectivity index (χ4v) is 2.27. The van der Waals surface area contributed by atoms with E-state index in [0.717, 1.165) is 0 Å². The summed E-state index contributed by atoms with van der Waals surface area (Å²) < 4.78 is 36.8. The quantitative estimate of drug-likeness (QED) is 0.644. The molecule has 1 saturated heterocycles. The molecule has 2 N–H and O–H groups in total. The summed E-state index contributed by atoms with van der Waals surface area (Å²) in [5.74, 6) is -1.33. The van der Waals surface area contributed by atoms with Crippen LogP contribution in [0.5, 0.6) is 11.5 Å². The summed E-state index contributed by atoms with van der Waals surface area (Å²) >= 11 is 0. The molecule has 0 amide bonds. The zero-order valence-electron chi connectivity index (χ0n) is 11.6. The molecule has 1 aliphatic rings. The molecule has 112 valence electrons. The van der Waals surface area contributed by atoms with E-state index in [0.29, 0.717) is 43.3 Å². The van der Waals surface area contributed by atoms with Gasteiger partial charge in [-0.1, -0.05) is 0 Å². The Morgan fingerprint density at radius 3 is 2.80 bits per heavy atom. The predicted octanol–water partition coefficient (Wildman–Crippen LogP) is 2.39. The maximum atomic E-state index is 13.0. The normalized spacial score (nSPS) is 18.1. The number of anilines is 1. The minimum absolute atomic E-state index is 0.0420. The fourth-order valence-electron chi connectivity index (χ4n) is 2.27. The molecule has 0 aromatic heterocycles. The van der Waals surface area contributed by atoms with E-state index in [1.54, 1.807) is 30.2 Å². The van der Waals surface area contributed by atoms with Crippen LogP contribution in [0.4, 0.5) is 14.5 Å². The first-order valence-corrected chi connectivity index (χ1v) is 6.67. The summed E-state index contributed by atoms with van der Waals surface area (Å²) in [6, 6.07) is 5.17. The third-order valence-electron chi connectivity index (χ3n) is 3.31. The number of nitrogens with two attached hydrogens (primary N) is 1. The van der Waals surface area contributed by atoms with Crippen molar-refractivity contribution in [3.63, 3.8) is 0 Å². The molecule has 0 unspecified atom stereocenters. The molecule has 1 fully saturated rings. The lowest BCUT2D eigenvalue weighted by atomic mass is 10.3. The summed E-state index contributed by atoms with van der Waals surface area (Å²) in [4.78, 5) is 1.77. The van der Waals surface area contributed by atoms with Crippen LogP contribution in [0, 0.1) is 0 Å². The Bertz CT molecular complexity index is 455. The molecule has 1 aliphatic heterocycles. The van der Waals surface area contributed by atoms with E-state index in [1.165, 1.54) is 0 Å². The van der Waals surface area contributed by atoms with Crippen LogP contribution in [0.15, 0.2) is 18.2 Å². The first-order valence-electron chi connectivity index (χ1n) is 6.67. The van der Waals surface area contributed by atoms with Gasteiger partial charge in [0.15, 0.2) is 11.5 Å². The van der Waals surface area contributed by atoms with Crippen molar-refractivity contribution in [3.05, 3.63) is 18.2 Å². The van der Waals surface area contributed by atoms with Gasteiger partial charge < -0.3 is 15.2 Å². The van der Waals surface area contributed by atoms with Gasteiger partial charge in [-0.3, -0.25) is 4.90 Å². The second kappa shape index (κ2) is 6.26. The highest BCUT2D eigenvalue weighted by Crippen LogP contribution is 2.29. The fraction of sp³-hybridized carbons (Fsp3) is 0.571. The molecular formula is C14H20F2N2O2. The molecule has 0 radical (unpaired) electrons. The average molecular weight is 286 g/mol. The second-order valence-corrected chi connectivity index (χ2v) is 4.99. The molecule has 1 aromatic rings. The van der Waals surface area contributed by atoms with E-state index in [9.17, 15) is 8.78 Å². The topological polar surface area (TPSA) is 47.7 Å². The van der Waals surface area contributed by atoms with E-state index in [1.807, 2.05) is 0 Å². The summed E-state index contributed by atoms with van der Waals surface area (Å²) in [7, 11) is 1.55. The van der Waals surface area contributed by atoms with E-state index >= 15 is 0 Å². The number of likely N-dealkylation sites (tertiary alicyclic amines) is 1. The molecular weight excluding hydrogens is 266 g/mol. The minimum Gasteiger partial charge on any atom is -0.493 e. The standard InChI is InChI=1S/C14H20F2N2O2/c1-19-13-9-11(17)3-4-12(13)20-8-2-6-18-7-5-14(15,16)10-18/h3-4,9H,2,5-8,10,17H2,1H3. The van der Waals surface area contributed by atoms with Gasteiger partial charge in [0, 0.05) is 31.3 Å². The van der Waals surface area contributed by atoms with Crippen molar-refractivity contribution < 1.29 is 18.3 Å². The minimum atomic E-state index is -2.53. The Hall–Kier alpha value is -1.56. The van der Waals surface area contributed by atoms with E-state index in [-0.39, 0.29) is 13.0 Å².